The third-order valence-electron chi connectivity index (χ3n) is 4.42. The molecule has 8 heteroatoms. The number of carbonyl (C=O) groups is 1. The summed E-state index contributed by atoms with van der Waals surface area (Å²) in [5.41, 5.74) is 3.12. The molecule has 0 aliphatic carbocycles. The Balaban J connectivity index is 1.50. The summed E-state index contributed by atoms with van der Waals surface area (Å²) in [4.78, 5) is 17.4. The number of benzene rings is 3. The minimum Gasteiger partial charge on any atom is -0.493 e. The number of fused-ring (bicyclic) bond motifs is 1. The van der Waals surface area contributed by atoms with Crippen LogP contribution in [-0.4, -0.2) is 22.6 Å². The average molecular weight is 512 g/mol. The number of hydrogen-bond donors (Lipinski definition) is 2. The second-order valence-electron chi connectivity index (χ2n) is 6.52. The molecule has 0 saturated heterocycles. The number of halogens is 1. The highest BCUT2D eigenvalue weighted by atomic mass is 79.9. The molecule has 0 spiro atoms. The molecule has 0 saturated carbocycles. The van der Waals surface area contributed by atoms with E-state index in [9.17, 15) is 4.79 Å². The fraction of sp³-hybridized carbons (Fsp3) is 0.0870. The summed E-state index contributed by atoms with van der Waals surface area (Å²) < 4.78 is 7.31. The van der Waals surface area contributed by atoms with Crippen LogP contribution >= 0.6 is 39.5 Å². The first kappa shape index (κ1) is 21.4. The summed E-state index contributed by atoms with van der Waals surface area (Å²) in [6.45, 7) is 2.45. The first-order chi connectivity index (χ1) is 15.0. The summed E-state index contributed by atoms with van der Waals surface area (Å²) >= 11 is 10.4. The quantitative estimate of drug-likeness (QED) is 0.310. The molecule has 4 rings (SSSR count). The molecule has 1 aromatic heterocycles. The molecule has 4 aromatic rings. The van der Waals surface area contributed by atoms with E-state index in [4.69, 9.17) is 21.9 Å². The summed E-state index contributed by atoms with van der Waals surface area (Å²) in [7, 11) is 0. The summed E-state index contributed by atoms with van der Waals surface area (Å²) in [5, 5.41) is 6.96. The van der Waals surface area contributed by atoms with Crippen LogP contribution in [0.5, 0.6) is 5.75 Å². The number of para-hydroxylation sites is 2. The van der Waals surface area contributed by atoms with Crippen molar-refractivity contribution in [2.75, 3.05) is 11.9 Å². The van der Waals surface area contributed by atoms with Gasteiger partial charge in [0.05, 0.1) is 27.0 Å². The van der Waals surface area contributed by atoms with E-state index in [1.807, 2.05) is 55.5 Å². The Bertz CT molecular complexity index is 1240. The second-order valence-corrected chi connectivity index (χ2v) is 8.81. The highest BCUT2D eigenvalue weighted by molar-refractivity contribution is 9.10. The van der Waals surface area contributed by atoms with Gasteiger partial charge in [-0.1, -0.05) is 24.3 Å². The SMILES string of the molecule is CCOc1ccc(C(=O)NC(=S)Nc2ccccc2-c2nc3ccccc3s2)cc1Br. The van der Waals surface area contributed by atoms with Crippen LogP contribution in [0.2, 0.25) is 0 Å². The van der Waals surface area contributed by atoms with Gasteiger partial charge in [0, 0.05) is 11.1 Å². The topological polar surface area (TPSA) is 63.2 Å². The van der Waals surface area contributed by atoms with E-state index >= 15 is 0 Å². The molecule has 0 atom stereocenters. The van der Waals surface area contributed by atoms with Crippen LogP contribution < -0.4 is 15.4 Å². The Labute approximate surface area is 197 Å². The number of anilines is 1. The standard InChI is InChI=1S/C23H18BrN3O2S2/c1-2-29-19-12-11-14(13-16(19)24)21(28)27-23(30)26-17-8-4-3-7-15(17)22-25-18-9-5-6-10-20(18)31-22/h3-13H,2H2,1H3,(H2,26,27,28,30). The Morgan fingerprint density at radius 3 is 2.68 bits per heavy atom. The van der Waals surface area contributed by atoms with Crippen molar-refractivity contribution >= 4 is 66.4 Å². The van der Waals surface area contributed by atoms with E-state index in [0.717, 1.165) is 26.5 Å². The van der Waals surface area contributed by atoms with Gasteiger partial charge in [-0.3, -0.25) is 10.1 Å². The van der Waals surface area contributed by atoms with Gasteiger partial charge in [-0.2, -0.15) is 0 Å². The van der Waals surface area contributed by atoms with Crippen molar-refractivity contribution < 1.29 is 9.53 Å². The van der Waals surface area contributed by atoms with Crippen LogP contribution in [0.1, 0.15) is 17.3 Å². The molecule has 0 fully saturated rings. The van der Waals surface area contributed by atoms with Crippen LogP contribution in [0.25, 0.3) is 20.8 Å². The number of nitrogens with one attached hydrogen (secondary N) is 2. The molecule has 2 N–H and O–H groups in total. The van der Waals surface area contributed by atoms with Gasteiger partial charge in [0.2, 0.25) is 0 Å². The first-order valence-electron chi connectivity index (χ1n) is 9.55. The van der Waals surface area contributed by atoms with E-state index < -0.39 is 0 Å². The van der Waals surface area contributed by atoms with Gasteiger partial charge in [-0.25, -0.2) is 4.98 Å². The highest BCUT2D eigenvalue weighted by Crippen LogP contribution is 2.34. The molecule has 0 unspecified atom stereocenters. The van der Waals surface area contributed by atoms with Crippen molar-refractivity contribution in [1.29, 1.82) is 0 Å². The molecule has 1 heterocycles. The van der Waals surface area contributed by atoms with Crippen LogP contribution in [0, 0.1) is 0 Å². The lowest BCUT2D eigenvalue weighted by Crippen LogP contribution is -2.34. The number of thiocarbonyl (C=S) groups is 1. The van der Waals surface area contributed by atoms with Gasteiger partial charge in [-0.05, 0) is 77.5 Å². The van der Waals surface area contributed by atoms with Crippen molar-refractivity contribution in [2.45, 2.75) is 6.92 Å². The zero-order chi connectivity index (χ0) is 21.8. The fourth-order valence-electron chi connectivity index (χ4n) is 3.01. The van der Waals surface area contributed by atoms with Gasteiger partial charge in [0.25, 0.3) is 5.91 Å². The lowest BCUT2D eigenvalue weighted by atomic mass is 10.2. The molecule has 31 heavy (non-hydrogen) atoms. The van der Waals surface area contributed by atoms with E-state index in [2.05, 4.69) is 26.6 Å². The van der Waals surface area contributed by atoms with Crippen molar-refractivity contribution in [3.05, 3.63) is 76.8 Å². The average Bonchev–Trinajstić information content (AvgIpc) is 3.19. The zero-order valence-electron chi connectivity index (χ0n) is 16.5. The van der Waals surface area contributed by atoms with Crippen LogP contribution in [0.4, 0.5) is 5.69 Å². The summed E-state index contributed by atoms with van der Waals surface area (Å²) in [5.74, 6) is 0.378. The second kappa shape index (κ2) is 9.55. The minimum atomic E-state index is -0.307. The molecule has 0 aliphatic rings. The van der Waals surface area contributed by atoms with Gasteiger partial charge < -0.3 is 10.1 Å². The number of thiazole rings is 1. The van der Waals surface area contributed by atoms with Crippen molar-refractivity contribution in [3.63, 3.8) is 0 Å². The molecule has 0 bridgehead atoms. The predicted octanol–water partition coefficient (Wildman–Crippen LogP) is 6.25. The van der Waals surface area contributed by atoms with Crippen molar-refractivity contribution in [3.8, 4) is 16.3 Å². The smallest absolute Gasteiger partial charge is 0.257 e. The predicted molar refractivity (Wildman–Crippen MR) is 134 cm³/mol. The number of nitrogens with zero attached hydrogens (tertiary/aromatic N) is 1. The van der Waals surface area contributed by atoms with Crippen LogP contribution in [0.3, 0.4) is 0 Å². The van der Waals surface area contributed by atoms with E-state index in [1.54, 1.807) is 29.5 Å². The molecule has 3 aromatic carbocycles. The molecular weight excluding hydrogens is 494 g/mol. The maximum absolute atomic E-state index is 12.6. The van der Waals surface area contributed by atoms with Gasteiger partial charge in [0.15, 0.2) is 5.11 Å². The zero-order valence-corrected chi connectivity index (χ0v) is 19.7. The molecule has 156 valence electrons. The van der Waals surface area contributed by atoms with Crippen LogP contribution in [-0.2, 0) is 0 Å². The molecule has 5 nitrogen and oxygen atoms in total. The van der Waals surface area contributed by atoms with Gasteiger partial charge in [-0.15, -0.1) is 11.3 Å². The number of amides is 1. The third kappa shape index (κ3) is 4.92. The normalized spacial score (nSPS) is 10.6. The Morgan fingerprint density at radius 2 is 1.90 bits per heavy atom. The lowest BCUT2D eigenvalue weighted by Gasteiger charge is -2.13. The Hall–Kier alpha value is -2.81. The largest absolute Gasteiger partial charge is 0.493 e. The van der Waals surface area contributed by atoms with E-state index in [0.29, 0.717) is 22.4 Å². The van der Waals surface area contributed by atoms with Crippen molar-refractivity contribution in [1.82, 2.24) is 10.3 Å². The molecule has 0 aliphatic heterocycles. The van der Waals surface area contributed by atoms with Crippen LogP contribution in [0.15, 0.2) is 71.2 Å². The maximum atomic E-state index is 12.6. The maximum Gasteiger partial charge on any atom is 0.257 e. The van der Waals surface area contributed by atoms with E-state index in [1.165, 1.54) is 0 Å². The molecular formula is C23H18BrN3O2S2. The van der Waals surface area contributed by atoms with Crippen molar-refractivity contribution in [2.24, 2.45) is 0 Å². The third-order valence-corrected chi connectivity index (χ3v) is 6.31. The minimum absolute atomic E-state index is 0.212. The molecule has 0 radical (unpaired) electrons. The first-order valence-corrected chi connectivity index (χ1v) is 11.6. The highest BCUT2D eigenvalue weighted by Gasteiger charge is 2.14. The Kier molecular flexibility index (Phi) is 6.60. The van der Waals surface area contributed by atoms with Gasteiger partial charge >= 0.3 is 0 Å². The summed E-state index contributed by atoms with van der Waals surface area (Å²) in [6.07, 6.45) is 0. The number of aromatic nitrogens is 1. The fourth-order valence-corrected chi connectivity index (χ4v) is 4.71. The van der Waals surface area contributed by atoms with E-state index in [-0.39, 0.29) is 11.0 Å². The number of ether oxygens (including phenoxy) is 1. The summed E-state index contributed by atoms with van der Waals surface area (Å²) in [6, 6.07) is 20.9. The number of rotatable bonds is 5. The van der Waals surface area contributed by atoms with Gasteiger partial charge in [0.1, 0.15) is 10.8 Å². The number of hydrogen-bond acceptors (Lipinski definition) is 5. The number of carbonyl (C=O) groups excluding carboxylic acids is 1. The lowest BCUT2D eigenvalue weighted by molar-refractivity contribution is 0.0977. The molecule has 1 amide bonds. The Morgan fingerprint density at radius 1 is 1.13 bits per heavy atom. The monoisotopic (exact) mass is 511 g/mol.